The quantitative estimate of drug-likeness (QED) is 0.464. The lowest BCUT2D eigenvalue weighted by molar-refractivity contribution is 0.470. The van der Waals surface area contributed by atoms with E-state index in [-0.39, 0.29) is 5.82 Å². The number of nitrogens with zero attached hydrogens (tertiary/aromatic N) is 5. The second-order valence-electron chi connectivity index (χ2n) is 5.72. The van der Waals surface area contributed by atoms with Gasteiger partial charge in [0, 0.05) is 17.7 Å². The Balaban J connectivity index is 1.69. The first-order valence-electron chi connectivity index (χ1n) is 8.45. The number of para-hydroxylation sites is 1. The summed E-state index contributed by atoms with van der Waals surface area (Å²) >= 11 is 1.46. The summed E-state index contributed by atoms with van der Waals surface area (Å²) in [4.78, 5) is 0. The van der Waals surface area contributed by atoms with E-state index in [0.717, 1.165) is 11.3 Å². The van der Waals surface area contributed by atoms with Gasteiger partial charge in [0.2, 0.25) is 11.8 Å². The smallest absolute Gasteiger partial charge is 0.226 e. The standard InChI is InChI=1S/C19H16FN5OS/c1-2-16-21-22-17(26-16)12-27-19-24-23-18(13-8-10-14(20)11-9-13)25(19)15-6-4-3-5-7-15/h3-11H,2,12H2,1H3. The van der Waals surface area contributed by atoms with Crippen molar-refractivity contribution in [3.05, 3.63) is 72.2 Å². The van der Waals surface area contributed by atoms with Crippen molar-refractivity contribution in [3.63, 3.8) is 0 Å². The highest BCUT2D eigenvalue weighted by Crippen LogP contribution is 2.29. The molecule has 6 nitrogen and oxygen atoms in total. The second-order valence-corrected chi connectivity index (χ2v) is 6.66. The van der Waals surface area contributed by atoms with E-state index in [9.17, 15) is 4.39 Å². The Bertz CT molecular complexity index is 1030. The average Bonchev–Trinajstić information content (AvgIpc) is 3.34. The molecule has 0 atom stereocenters. The van der Waals surface area contributed by atoms with Crippen molar-refractivity contribution in [2.45, 2.75) is 24.3 Å². The van der Waals surface area contributed by atoms with Crippen molar-refractivity contribution in [3.8, 4) is 17.1 Å². The molecule has 0 amide bonds. The van der Waals surface area contributed by atoms with Crippen LogP contribution in [-0.2, 0) is 12.2 Å². The zero-order chi connectivity index (χ0) is 18.6. The largest absolute Gasteiger partial charge is 0.424 e. The minimum atomic E-state index is -0.290. The van der Waals surface area contributed by atoms with Gasteiger partial charge < -0.3 is 4.42 Å². The summed E-state index contributed by atoms with van der Waals surface area (Å²) in [5.41, 5.74) is 1.70. The van der Waals surface area contributed by atoms with Crippen molar-refractivity contribution >= 4 is 11.8 Å². The molecule has 0 aliphatic carbocycles. The summed E-state index contributed by atoms with van der Waals surface area (Å²) in [6, 6.07) is 16.0. The molecule has 0 saturated carbocycles. The Morgan fingerprint density at radius 2 is 1.67 bits per heavy atom. The number of benzene rings is 2. The molecule has 0 radical (unpaired) electrons. The van der Waals surface area contributed by atoms with Crippen LogP contribution in [0.1, 0.15) is 18.7 Å². The highest BCUT2D eigenvalue weighted by atomic mass is 32.2. The van der Waals surface area contributed by atoms with Gasteiger partial charge in [-0.15, -0.1) is 20.4 Å². The van der Waals surface area contributed by atoms with Crippen molar-refractivity contribution in [1.82, 2.24) is 25.0 Å². The van der Waals surface area contributed by atoms with Crippen LogP contribution in [0, 0.1) is 5.82 Å². The number of thioether (sulfide) groups is 1. The molecule has 2 aromatic carbocycles. The number of aryl methyl sites for hydroxylation is 1. The second kappa shape index (κ2) is 7.71. The summed E-state index contributed by atoms with van der Waals surface area (Å²) in [5.74, 6) is 2.00. The van der Waals surface area contributed by atoms with Gasteiger partial charge in [-0.05, 0) is 36.4 Å². The SMILES string of the molecule is CCc1nnc(CSc2nnc(-c3ccc(F)cc3)n2-c2ccccc2)o1. The molecule has 0 spiro atoms. The monoisotopic (exact) mass is 381 g/mol. The fourth-order valence-corrected chi connectivity index (χ4v) is 3.36. The molecule has 2 aromatic heterocycles. The first-order chi connectivity index (χ1) is 13.2. The van der Waals surface area contributed by atoms with E-state index in [1.54, 1.807) is 12.1 Å². The molecule has 0 bridgehead atoms. The molecule has 0 fully saturated rings. The Morgan fingerprint density at radius 3 is 2.37 bits per heavy atom. The Labute approximate surface area is 159 Å². The minimum Gasteiger partial charge on any atom is -0.424 e. The highest BCUT2D eigenvalue weighted by Gasteiger charge is 2.17. The molecule has 0 aliphatic rings. The molecule has 27 heavy (non-hydrogen) atoms. The van der Waals surface area contributed by atoms with Crippen LogP contribution in [0.4, 0.5) is 4.39 Å². The van der Waals surface area contributed by atoms with Gasteiger partial charge in [-0.2, -0.15) is 0 Å². The predicted octanol–water partition coefficient (Wildman–Crippen LogP) is 4.31. The molecule has 0 N–H and O–H groups in total. The number of hydrogen-bond donors (Lipinski definition) is 0. The topological polar surface area (TPSA) is 69.6 Å². The third-order valence-electron chi connectivity index (χ3n) is 3.89. The molecule has 136 valence electrons. The summed E-state index contributed by atoms with van der Waals surface area (Å²) in [6.45, 7) is 1.96. The van der Waals surface area contributed by atoms with Crippen molar-refractivity contribution in [2.75, 3.05) is 0 Å². The van der Waals surface area contributed by atoms with Gasteiger partial charge in [0.25, 0.3) is 0 Å². The predicted molar refractivity (Wildman–Crippen MR) is 100.0 cm³/mol. The minimum absolute atomic E-state index is 0.290. The van der Waals surface area contributed by atoms with Gasteiger partial charge >= 0.3 is 0 Å². The maximum atomic E-state index is 13.3. The van der Waals surface area contributed by atoms with Crippen LogP contribution >= 0.6 is 11.8 Å². The molecule has 2 heterocycles. The van der Waals surface area contributed by atoms with Gasteiger partial charge in [0.05, 0.1) is 5.75 Å². The summed E-state index contributed by atoms with van der Waals surface area (Å²) in [6.07, 6.45) is 0.701. The summed E-state index contributed by atoms with van der Waals surface area (Å²) in [5, 5.41) is 17.4. The van der Waals surface area contributed by atoms with E-state index in [1.807, 2.05) is 41.8 Å². The van der Waals surface area contributed by atoms with Gasteiger partial charge in [-0.1, -0.05) is 36.9 Å². The Morgan fingerprint density at radius 1 is 0.926 bits per heavy atom. The van der Waals surface area contributed by atoms with E-state index in [4.69, 9.17) is 4.42 Å². The zero-order valence-corrected chi connectivity index (χ0v) is 15.4. The third-order valence-corrected chi connectivity index (χ3v) is 4.80. The van der Waals surface area contributed by atoms with Gasteiger partial charge in [0.1, 0.15) is 5.82 Å². The third kappa shape index (κ3) is 3.75. The summed E-state index contributed by atoms with van der Waals surface area (Å²) < 4.78 is 20.8. The molecule has 0 saturated heterocycles. The van der Waals surface area contributed by atoms with E-state index in [0.29, 0.717) is 34.9 Å². The number of hydrogen-bond acceptors (Lipinski definition) is 6. The Hall–Kier alpha value is -3.00. The van der Waals surface area contributed by atoms with Crippen molar-refractivity contribution < 1.29 is 8.81 Å². The van der Waals surface area contributed by atoms with Crippen LogP contribution in [-0.4, -0.2) is 25.0 Å². The van der Waals surface area contributed by atoms with E-state index in [1.165, 1.54) is 23.9 Å². The molecule has 0 unspecified atom stereocenters. The van der Waals surface area contributed by atoms with Crippen LogP contribution in [0.3, 0.4) is 0 Å². The van der Waals surface area contributed by atoms with E-state index < -0.39 is 0 Å². The maximum absolute atomic E-state index is 13.3. The van der Waals surface area contributed by atoms with E-state index >= 15 is 0 Å². The van der Waals surface area contributed by atoms with Crippen LogP contribution < -0.4 is 0 Å². The van der Waals surface area contributed by atoms with Gasteiger partial charge in [-0.3, -0.25) is 4.57 Å². The molecular weight excluding hydrogens is 365 g/mol. The summed E-state index contributed by atoms with van der Waals surface area (Å²) in [7, 11) is 0. The lowest BCUT2D eigenvalue weighted by Gasteiger charge is -2.09. The fourth-order valence-electron chi connectivity index (χ4n) is 2.58. The van der Waals surface area contributed by atoms with Crippen LogP contribution in [0.2, 0.25) is 0 Å². The van der Waals surface area contributed by atoms with Crippen molar-refractivity contribution in [1.29, 1.82) is 0 Å². The number of halogens is 1. The lowest BCUT2D eigenvalue weighted by Crippen LogP contribution is -1.99. The normalized spacial score (nSPS) is 11.0. The number of aromatic nitrogens is 5. The highest BCUT2D eigenvalue weighted by molar-refractivity contribution is 7.98. The maximum Gasteiger partial charge on any atom is 0.226 e. The molecular formula is C19H16FN5OS. The molecule has 4 rings (SSSR count). The van der Waals surface area contributed by atoms with E-state index in [2.05, 4.69) is 20.4 Å². The first kappa shape index (κ1) is 17.4. The number of rotatable bonds is 6. The average molecular weight is 381 g/mol. The van der Waals surface area contributed by atoms with Crippen LogP contribution in [0.15, 0.2) is 64.2 Å². The lowest BCUT2D eigenvalue weighted by atomic mass is 10.2. The van der Waals surface area contributed by atoms with Gasteiger partial charge in [-0.25, -0.2) is 4.39 Å². The van der Waals surface area contributed by atoms with Gasteiger partial charge in [0.15, 0.2) is 11.0 Å². The van der Waals surface area contributed by atoms with Crippen LogP contribution in [0.25, 0.3) is 17.1 Å². The van der Waals surface area contributed by atoms with Crippen molar-refractivity contribution in [2.24, 2.45) is 0 Å². The van der Waals surface area contributed by atoms with Crippen LogP contribution in [0.5, 0.6) is 0 Å². The zero-order valence-electron chi connectivity index (χ0n) is 14.5. The molecule has 8 heteroatoms. The molecule has 0 aliphatic heterocycles. The Kier molecular flexibility index (Phi) is 4.97. The molecule has 4 aromatic rings. The first-order valence-corrected chi connectivity index (χ1v) is 9.44. The fraction of sp³-hybridized carbons (Fsp3) is 0.158.